The van der Waals surface area contributed by atoms with Crippen molar-refractivity contribution in [2.45, 2.75) is 6.10 Å². The molecule has 0 aliphatic carbocycles. The molecule has 0 aliphatic heterocycles. The van der Waals surface area contributed by atoms with Gasteiger partial charge in [0.1, 0.15) is 0 Å². The van der Waals surface area contributed by atoms with Crippen LogP contribution in [0.4, 0.5) is 5.69 Å². The Bertz CT molecular complexity index is 939. The van der Waals surface area contributed by atoms with Crippen LogP contribution in [0.3, 0.4) is 0 Å². The van der Waals surface area contributed by atoms with Crippen LogP contribution in [-0.4, -0.2) is 21.1 Å². The van der Waals surface area contributed by atoms with Crippen molar-refractivity contribution in [1.82, 2.24) is 4.98 Å². The van der Waals surface area contributed by atoms with Crippen molar-refractivity contribution in [2.75, 3.05) is 0 Å². The third-order valence-corrected chi connectivity index (χ3v) is 4.46. The summed E-state index contributed by atoms with van der Waals surface area (Å²) in [6.07, 6.45) is -1.40. The first kappa shape index (κ1) is 16.8. The minimum atomic E-state index is -1.40. The lowest BCUT2D eigenvalue weighted by molar-refractivity contribution is -0.126. The number of hydrogen-bond acceptors (Lipinski definition) is 4. The molecule has 0 saturated carbocycles. The van der Waals surface area contributed by atoms with Gasteiger partial charge >= 0.3 is 0 Å². The van der Waals surface area contributed by atoms with E-state index in [-0.39, 0.29) is 11.6 Å². The number of nitrogens with one attached hydrogen (secondary N) is 1. The van der Waals surface area contributed by atoms with Crippen LogP contribution >= 0.6 is 31.9 Å². The zero-order valence-electron chi connectivity index (χ0n) is 12.1. The molecule has 122 valence electrons. The summed E-state index contributed by atoms with van der Waals surface area (Å²) in [7, 11) is 0. The van der Waals surface area contributed by atoms with Gasteiger partial charge in [-0.05, 0) is 33.6 Å². The predicted molar refractivity (Wildman–Crippen MR) is 96.3 cm³/mol. The lowest BCUT2D eigenvalue weighted by Gasteiger charge is -2.04. The Kier molecular flexibility index (Phi) is 4.79. The van der Waals surface area contributed by atoms with Crippen molar-refractivity contribution in [3.8, 4) is 5.88 Å². The molecule has 24 heavy (non-hydrogen) atoms. The number of halogens is 2. The maximum Gasteiger partial charge on any atom is 0.297 e. The number of rotatable bonds is 3. The molecule has 0 saturated heterocycles. The summed E-state index contributed by atoms with van der Waals surface area (Å²) in [5.74, 6) is -1.03. The molecule has 0 bridgehead atoms. The minimum Gasteiger partial charge on any atom is -0.493 e. The Hall–Kier alpha value is -2.03. The van der Waals surface area contributed by atoms with Gasteiger partial charge in [0, 0.05) is 14.3 Å². The van der Waals surface area contributed by atoms with Crippen molar-refractivity contribution < 1.29 is 15.0 Å². The lowest BCUT2D eigenvalue weighted by Crippen LogP contribution is -2.08. The number of aliphatic hydroxyl groups is 1. The largest absolute Gasteiger partial charge is 0.493 e. The van der Waals surface area contributed by atoms with Gasteiger partial charge in [0.15, 0.2) is 11.8 Å². The number of fused-ring (bicyclic) bond motifs is 1. The first-order valence-electron chi connectivity index (χ1n) is 6.85. The van der Waals surface area contributed by atoms with Gasteiger partial charge < -0.3 is 15.2 Å². The van der Waals surface area contributed by atoms with E-state index >= 15 is 0 Å². The lowest BCUT2D eigenvalue weighted by atomic mass is 10.1. The van der Waals surface area contributed by atoms with Crippen LogP contribution in [-0.2, 0) is 4.79 Å². The summed E-state index contributed by atoms with van der Waals surface area (Å²) in [6, 6.07) is 12.0. The zero-order valence-corrected chi connectivity index (χ0v) is 15.2. The molecule has 1 amide bonds. The third kappa shape index (κ3) is 3.26. The first-order chi connectivity index (χ1) is 11.5. The van der Waals surface area contributed by atoms with Gasteiger partial charge in [0.25, 0.3) is 5.91 Å². The second kappa shape index (κ2) is 6.84. The Labute approximate surface area is 153 Å². The number of amides is 1. The van der Waals surface area contributed by atoms with Crippen LogP contribution in [0.5, 0.6) is 5.88 Å². The van der Waals surface area contributed by atoms with E-state index < -0.39 is 12.0 Å². The number of H-pyrrole nitrogens is 1. The molecule has 0 spiro atoms. The fraction of sp³-hybridized carbons (Fsp3) is 0.0625. The monoisotopic (exact) mass is 451 g/mol. The number of benzene rings is 2. The molecule has 1 heterocycles. The third-order valence-electron chi connectivity index (χ3n) is 3.38. The summed E-state index contributed by atoms with van der Waals surface area (Å²) in [6.45, 7) is 0. The summed E-state index contributed by atoms with van der Waals surface area (Å²) in [5.41, 5.74) is 1.18. The van der Waals surface area contributed by atoms with Gasteiger partial charge in [-0.3, -0.25) is 4.79 Å². The molecule has 6 nitrogen and oxygen atoms in total. The van der Waals surface area contributed by atoms with Crippen LogP contribution in [0.1, 0.15) is 11.7 Å². The Morgan fingerprint density at radius 1 is 1.17 bits per heavy atom. The summed E-state index contributed by atoms with van der Waals surface area (Å²) in [5, 5.41) is 27.9. The molecular weight excluding hydrogens is 442 g/mol. The second-order valence-electron chi connectivity index (χ2n) is 4.98. The van der Waals surface area contributed by atoms with Crippen LogP contribution in [0, 0.1) is 0 Å². The highest BCUT2D eigenvalue weighted by Crippen LogP contribution is 2.40. The van der Waals surface area contributed by atoms with Gasteiger partial charge in [-0.1, -0.05) is 46.3 Å². The SMILES string of the molecule is O=C(N=Nc1c(O)[nH]c2c(Br)cc(Br)cc12)[C@H](O)c1ccccc1. The molecule has 8 heteroatoms. The number of carbonyl (C=O) groups excluding carboxylic acids is 1. The fourth-order valence-corrected chi connectivity index (χ4v) is 3.55. The molecule has 1 aromatic heterocycles. The Morgan fingerprint density at radius 3 is 2.58 bits per heavy atom. The minimum absolute atomic E-state index is 0.126. The second-order valence-corrected chi connectivity index (χ2v) is 6.75. The Balaban J connectivity index is 1.93. The normalized spacial score (nSPS) is 12.8. The molecule has 0 radical (unpaired) electrons. The highest BCUT2D eigenvalue weighted by Gasteiger charge is 2.18. The molecule has 0 unspecified atom stereocenters. The number of aromatic hydroxyl groups is 1. The van der Waals surface area contributed by atoms with Crippen molar-refractivity contribution in [2.24, 2.45) is 10.2 Å². The maximum absolute atomic E-state index is 12.0. The molecule has 3 rings (SSSR count). The summed E-state index contributed by atoms with van der Waals surface area (Å²) < 4.78 is 1.49. The van der Waals surface area contributed by atoms with E-state index in [2.05, 4.69) is 47.1 Å². The summed E-state index contributed by atoms with van der Waals surface area (Å²) >= 11 is 6.73. The van der Waals surface area contributed by atoms with Crippen LogP contribution < -0.4 is 0 Å². The van der Waals surface area contributed by atoms with E-state index in [1.54, 1.807) is 36.4 Å². The standard InChI is InChI=1S/C16H11Br2N3O3/c17-9-6-10-12(11(18)7-9)19-15(23)13(10)20-21-16(24)14(22)8-4-2-1-3-5-8/h1-7,14,19,22-23H/t14-/m1/s1. The molecule has 0 fully saturated rings. The average molecular weight is 453 g/mol. The molecule has 1 atom stereocenters. The number of carbonyl (C=O) groups is 1. The molecule has 0 aliphatic rings. The van der Waals surface area contributed by atoms with Gasteiger partial charge in [-0.15, -0.1) is 10.2 Å². The van der Waals surface area contributed by atoms with Gasteiger partial charge in [-0.25, -0.2) is 0 Å². The van der Waals surface area contributed by atoms with E-state index in [4.69, 9.17) is 0 Å². The quantitative estimate of drug-likeness (QED) is 0.500. The van der Waals surface area contributed by atoms with Crippen molar-refractivity contribution >= 4 is 54.4 Å². The van der Waals surface area contributed by atoms with Gasteiger partial charge in [-0.2, -0.15) is 0 Å². The summed E-state index contributed by atoms with van der Waals surface area (Å²) in [4.78, 5) is 14.8. The molecule has 2 aromatic carbocycles. The van der Waals surface area contributed by atoms with E-state index in [0.717, 1.165) is 8.95 Å². The van der Waals surface area contributed by atoms with E-state index in [9.17, 15) is 15.0 Å². The fourth-order valence-electron chi connectivity index (χ4n) is 2.23. The highest BCUT2D eigenvalue weighted by molar-refractivity contribution is 9.11. The number of aromatic amines is 1. The van der Waals surface area contributed by atoms with Gasteiger partial charge in [0.2, 0.25) is 5.88 Å². The van der Waals surface area contributed by atoms with E-state index in [1.165, 1.54) is 0 Å². The van der Waals surface area contributed by atoms with Crippen LogP contribution in [0.25, 0.3) is 10.9 Å². The molecule has 3 N–H and O–H groups in total. The number of aromatic nitrogens is 1. The number of hydrogen-bond donors (Lipinski definition) is 3. The van der Waals surface area contributed by atoms with Crippen molar-refractivity contribution in [3.05, 3.63) is 57.0 Å². The van der Waals surface area contributed by atoms with E-state index in [1.807, 2.05) is 6.07 Å². The average Bonchev–Trinajstić information content (AvgIpc) is 2.88. The van der Waals surface area contributed by atoms with Crippen LogP contribution in [0.2, 0.25) is 0 Å². The molecular formula is C16H11Br2N3O3. The van der Waals surface area contributed by atoms with Gasteiger partial charge in [0.05, 0.1) is 5.52 Å². The number of nitrogens with zero attached hydrogens (tertiary/aromatic N) is 2. The van der Waals surface area contributed by atoms with Crippen molar-refractivity contribution in [3.63, 3.8) is 0 Å². The Morgan fingerprint density at radius 2 is 1.88 bits per heavy atom. The number of aliphatic hydroxyl groups excluding tert-OH is 1. The number of azo groups is 1. The first-order valence-corrected chi connectivity index (χ1v) is 8.44. The molecule has 3 aromatic rings. The maximum atomic E-state index is 12.0. The predicted octanol–water partition coefficient (Wildman–Crippen LogP) is 4.74. The topological polar surface area (TPSA) is 98.0 Å². The van der Waals surface area contributed by atoms with E-state index in [0.29, 0.717) is 16.5 Å². The zero-order chi connectivity index (χ0) is 17.3. The van der Waals surface area contributed by atoms with Crippen molar-refractivity contribution in [1.29, 1.82) is 0 Å². The highest BCUT2D eigenvalue weighted by atomic mass is 79.9. The smallest absolute Gasteiger partial charge is 0.297 e. The van der Waals surface area contributed by atoms with Crippen LogP contribution in [0.15, 0.2) is 61.6 Å².